The first-order chi connectivity index (χ1) is 12.4. The fourth-order valence-electron chi connectivity index (χ4n) is 2.79. The minimum absolute atomic E-state index is 0.158. The number of aryl methyl sites for hydroxylation is 2. The summed E-state index contributed by atoms with van der Waals surface area (Å²) in [6, 6.07) is 9.63. The first kappa shape index (κ1) is 18.2. The number of carbonyl (C=O) groups is 1. The molecule has 0 saturated carbocycles. The van der Waals surface area contributed by atoms with E-state index in [4.69, 9.17) is 11.6 Å². The zero-order valence-corrected chi connectivity index (χ0v) is 16.1. The van der Waals surface area contributed by atoms with Crippen LogP contribution in [0.4, 0.5) is 5.69 Å². The number of benzene rings is 1. The number of hydrogen-bond donors (Lipinski definition) is 1. The van der Waals surface area contributed by atoms with Crippen molar-refractivity contribution in [3.05, 3.63) is 64.2 Å². The summed E-state index contributed by atoms with van der Waals surface area (Å²) < 4.78 is 3.48. The van der Waals surface area contributed by atoms with Crippen LogP contribution in [0.25, 0.3) is 0 Å². The van der Waals surface area contributed by atoms with Crippen molar-refractivity contribution in [2.24, 2.45) is 0 Å². The number of aromatic nitrogens is 4. The van der Waals surface area contributed by atoms with Crippen molar-refractivity contribution in [2.75, 3.05) is 5.32 Å². The highest BCUT2D eigenvalue weighted by molar-refractivity contribution is 6.31. The van der Waals surface area contributed by atoms with Gasteiger partial charge >= 0.3 is 0 Å². The lowest BCUT2D eigenvalue weighted by atomic mass is 10.2. The molecule has 1 aromatic carbocycles. The minimum atomic E-state index is -0.475. The fraction of sp³-hybridized carbons (Fsp3) is 0.316. The molecule has 136 valence electrons. The molecule has 0 aliphatic carbocycles. The Morgan fingerprint density at radius 2 is 1.85 bits per heavy atom. The van der Waals surface area contributed by atoms with Gasteiger partial charge in [0.25, 0.3) is 0 Å². The number of rotatable bonds is 5. The fourth-order valence-corrected chi connectivity index (χ4v) is 2.93. The van der Waals surface area contributed by atoms with E-state index in [1.165, 1.54) is 0 Å². The SMILES string of the molecule is Cc1nn(C(C)C(=O)Nc2c(C)nn(Cc3ccccc3)c2C)cc1Cl. The number of anilines is 1. The van der Waals surface area contributed by atoms with Gasteiger partial charge < -0.3 is 5.32 Å². The van der Waals surface area contributed by atoms with E-state index >= 15 is 0 Å². The average molecular weight is 372 g/mol. The number of carbonyl (C=O) groups excluding carboxylic acids is 1. The summed E-state index contributed by atoms with van der Waals surface area (Å²) in [5.74, 6) is -0.158. The molecule has 26 heavy (non-hydrogen) atoms. The van der Waals surface area contributed by atoms with E-state index in [2.05, 4.69) is 27.6 Å². The smallest absolute Gasteiger partial charge is 0.249 e. The third-order valence-electron chi connectivity index (χ3n) is 4.44. The van der Waals surface area contributed by atoms with Gasteiger partial charge in [0.2, 0.25) is 5.91 Å². The van der Waals surface area contributed by atoms with Crippen LogP contribution in [0.1, 0.15) is 35.6 Å². The Labute approximate surface area is 157 Å². The van der Waals surface area contributed by atoms with Gasteiger partial charge in [-0.25, -0.2) is 0 Å². The predicted octanol–water partition coefficient (Wildman–Crippen LogP) is 3.91. The summed E-state index contributed by atoms with van der Waals surface area (Å²) in [4.78, 5) is 12.7. The first-order valence-electron chi connectivity index (χ1n) is 8.47. The van der Waals surface area contributed by atoms with Gasteiger partial charge in [-0.2, -0.15) is 10.2 Å². The van der Waals surface area contributed by atoms with Crippen molar-refractivity contribution in [1.29, 1.82) is 0 Å². The summed E-state index contributed by atoms with van der Waals surface area (Å²) in [7, 11) is 0. The van der Waals surface area contributed by atoms with Crippen molar-refractivity contribution < 1.29 is 4.79 Å². The third-order valence-corrected chi connectivity index (χ3v) is 4.81. The zero-order valence-electron chi connectivity index (χ0n) is 15.3. The topological polar surface area (TPSA) is 64.7 Å². The minimum Gasteiger partial charge on any atom is -0.321 e. The Bertz CT molecular complexity index is 910. The normalized spacial score (nSPS) is 12.2. The summed E-state index contributed by atoms with van der Waals surface area (Å²) in [5, 5.41) is 12.4. The molecular weight excluding hydrogens is 350 g/mol. The van der Waals surface area contributed by atoms with Crippen molar-refractivity contribution in [3.63, 3.8) is 0 Å². The van der Waals surface area contributed by atoms with Crippen molar-refractivity contribution in [2.45, 2.75) is 40.3 Å². The van der Waals surface area contributed by atoms with Gasteiger partial charge in [-0.15, -0.1) is 0 Å². The highest BCUT2D eigenvalue weighted by Gasteiger charge is 2.21. The molecule has 0 spiro atoms. The second kappa shape index (κ2) is 7.33. The highest BCUT2D eigenvalue weighted by Crippen LogP contribution is 2.23. The van der Waals surface area contributed by atoms with E-state index in [1.807, 2.05) is 43.7 Å². The van der Waals surface area contributed by atoms with Gasteiger partial charge in [0.15, 0.2) is 0 Å². The molecular formula is C19H22ClN5O. The van der Waals surface area contributed by atoms with Gasteiger partial charge in [-0.3, -0.25) is 14.2 Å². The molecule has 0 aliphatic rings. The lowest BCUT2D eigenvalue weighted by Crippen LogP contribution is -2.24. The quantitative estimate of drug-likeness (QED) is 0.739. The summed E-state index contributed by atoms with van der Waals surface area (Å²) in [5.41, 5.74) is 4.31. The average Bonchev–Trinajstić information content (AvgIpc) is 3.09. The molecule has 0 saturated heterocycles. The number of halogens is 1. The van der Waals surface area contributed by atoms with E-state index in [1.54, 1.807) is 17.8 Å². The van der Waals surface area contributed by atoms with Crippen LogP contribution in [-0.4, -0.2) is 25.5 Å². The van der Waals surface area contributed by atoms with E-state index in [0.717, 1.165) is 22.6 Å². The Balaban J connectivity index is 1.78. The summed E-state index contributed by atoms with van der Waals surface area (Å²) in [6.45, 7) is 8.11. The van der Waals surface area contributed by atoms with E-state index < -0.39 is 6.04 Å². The largest absolute Gasteiger partial charge is 0.321 e. The Hall–Kier alpha value is -2.60. The molecule has 3 rings (SSSR count). The maximum atomic E-state index is 12.7. The van der Waals surface area contributed by atoms with Crippen molar-refractivity contribution in [1.82, 2.24) is 19.6 Å². The molecule has 1 atom stereocenters. The standard InChI is InChI=1S/C19H22ClN5O/c1-12-17(20)11-25(22-12)15(4)19(26)21-18-13(2)23-24(14(18)3)10-16-8-6-5-7-9-16/h5-9,11,15H,10H2,1-4H3,(H,21,26). The lowest BCUT2D eigenvalue weighted by molar-refractivity contribution is -0.119. The maximum Gasteiger partial charge on any atom is 0.249 e. The summed E-state index contributed by atoms with van der Waals surface area (Å²) in [6.07, 6.45) is 1.67. The first-order valence-corrected chi connectivity index (χ1v) is 8.84. The molecule has 3 aromatic rings. The molecule has 1 amide bonds. The number of hydrogen-bond acceptors (Lipinski definition) is 3. The number of nitrogens with one attached hydrogen (secondary N) is 1. The van der Waals surface area contributed by atoms with E-state index in [9.17, 15) is 4.79 Å². The van der Waals surface area contributed by atoms with Gasteiger partial charge in [0.1, 0.15) is 6.04 Å². The van der Waals surface area contributed by atoms with Crippen LogP contribution >= 0.6 is 11.6 Å². The van der Waals surface area contributed by atoms with Crippen LogP contribution in [0.2, 0.25) is 5.02 Å². The molecule has 2 aromatic heterocycles. The molecule has 7 heteroatoms. The van der Waals surface area contributed by atoms with E-state index in [0.29, 0.717) is 17.3 Å². The molecule has 1 N–H and O–H groups in total. The lowest BCUT2D eigenvalue weighted by Gasteiger charge is -2.13. The zero-order chi connectivity index (χ0) is 18.8. The third kappa shape index (κ3) is 3.65. The second-order valence-electron chi connectivity index (χ2n) is 6.40. The van der Waals surface area contributed by atoms with Crippen LogP contribution in [-0.2, 0) is 11.3 Å². The summed E-state index contributed by atoms with van der Waals surface area (Å²) >= 11 is 6.04. The molecule has 1 unspecified atom stereocenters. The predicted molar refractivity (Wildman–Crippen MR) is 103 cm³/mol. The second-order valence-corrected chi connectivity index (χ2v) is 6.80. The van der Waals surface area contributed by atoms with Gasteiger partial charge in [0.05, 0.1) is 34.3 Å². The Morgan fingerprint density at radius 1 is 1.15 bits per heavy atom. The van der Waals surface area contributed by atoms with E-state index in [-0.39, 0.29) is 5.91 Å². The van der Waals surface area contributed by atoms with Crippen LogP contribution < -0.4 is 5.32 Å². The van der Waals surface area contributed by atoms with Gasteiger partial charge in [0, 0.05) is 6.20 Å². The molecule has 0 aliphatic heterocycles. The molecule has 2 heterocycles. The Morgan fingerprint density at radius 3 is 2.46 bits per heavy atom. The Kier molecular flexibility index (Phi) is 5.13. The van der Waals surface area contributed by atoms with Crippen LogP contribution in [0.15, 0.2) is 36.5 Å². The molecule has 0 bridgehead atoms. The van der Waals surface area contributed by atoms with Gasteiger partial charge in [-0.1, -0.05) is 41.9 Å². The maximum absolute atomic E-state index is 12.7. The highest BCUT2D eigenvalue weighted by atomic mass is 35.5. The van der Waals surface area contributed by atoms with Crippen LogP contribution in [0.5, 0.6) is 0 Å². The van der Waals surface area contributed by atoms with Crippen molar-refractivity contribution in [3.8, 4) is 0 Å². The van der Waals surface area contributed by atoms with Crippen molar-refractivity contribution >= 4 is 23.2 Å². The van der Waals surface area contributed by atoms with Crippen LogP contribution in [0, 0.1) is 20.8 Å². The number of amides is 1. The number of nitrogens with zero attached hydrogens (tertiary/aromatic N) is 4. The van der Waals surface area contributed by atoms with Gasteiger partial charge in [-0.05, 0) is 33.3 Å². The molecule has 0 fully saturated rings. The van der Waals surface area contributed by atoms with Crippen LogP contribution in [0.3, 0.4) is 0 Å². The molecule has 6 nitrogen and oxygen atoms in total. The monoisotopic (exact) mass is 371 g/mol. The molecule has 0 radical (unpaired) electrons.